The van der Waals surface area contributed by atoms with E-state index in [1.54, 1.807) is 6.20 Å². The fourth-order valence-electron chi connectivity index (χ4n) is 1.99. The molecular formula is C16H18N2O2. The smallest absolute Gasteiger partial charge is 0.303 e. The van der Waals surface area contributed by atoms with Crippen LogP contribution in [0.3, 0.4) is 0 Å². The number of nitrogens with one attached hydrogen (secondary N) is 1. The lowest BCUT2D eigenvalue weighted by Crippen LogP contribution is -2.03. The number of benzene rings is 1. The Balaban J connectivity index is 1.98. The maximum Gasteiger partial charge on any atom is 0.303 e. The van der Waals surface area contributed by atoms with Crippen molar-refractivity contribution in [3.63, 3.8) is 0 Å². The van der Waals surface area contributed by atoms with Gasteiger partial charge in [0, 0.05) is 30.5 Å². The Bertz CT molecular complexity index is 597. The summed E-state index contributed by atoms with van der Waals surface area (Å²) < 4.78 is 0. The maximum atomic E-state index is 10.6. The number of carboxylic acid groups (broad SMARTS) is 1. The number of hydrogen-bond donors (Lipinski definition) is 2. The van der Waals surface area contributed by atoms with Crippen molar-refractivity contribution >= 4 is 11.7 Å². The minimum absolute atomic E-state index is 0.158. The first-order valence-corrected chi connectivity index (χ1v) is 6.60. The first kappa shape index (κ1) is 14.1. The van der Waals surface area contributed by atoms with Crippen LogP contribution in [0.5, 0.6) is 0 Å². The normalized spacial score (nSPS) is 10.2. The molecule has 20 heavy (non-hydrogen) atoms. The van der Waals surface area contributed by atoms with Crippen LogP contribution in [0.15, 0.2) is 42.6 Å². The molecule has 2 rings (SSSR count). The zero-order valence-corrected chi connectivity index (χ0v) is 11.5. The first-order valence-electron chi connectivity index (χ1n) is 6.60. The Morgan fingerprint density at radius 3 is 2.90 bits per heavy atom. The zero-order valence-electron chi connectivity index (χ0n) is 11.5. The summed E-state index contributed by atoms with van der Waals surface area (Å²) in [5, 5.41) is 12.0. The molecule has 0 fully saturated rings. The average molecular weight is 270 g/mol. The molecule has 1 aromatic heterocycles. The van der Waals surface area contributed by atoms with Gasteiger partial charge in [0.15, 0.2) is 0 Å². The van der Waals surface area contributed by atoms with Gasteiger partial charge >= 0.3 is 5.97 Å². The van der Waals surface area contributed by atoms with Crippen LogP contribution in [0.1, 0.15) is 23.2 Å². The predicted molar refractivity (Wildman–Crippen MR) is 78.7 cm³/mol. The van der Waals surface area contributed by atoms with Gasteiger partial charge in [0.1, 0.15) is 0 Å². The highest BCUT2D eigenvalue weighted by Gasteiger charge is 2.01. The van der Waals surface area contributed by atoms with Gasteiger partial charge < -0.3 is 10.4 Å². The molecule has 2 N–H and O–H groups in total. The molecule has 2 aromatic rings. The summed E-state index contributed by atoms with van der Waals surface area (Å²) in [5.74, 6) is -0.769. The Morgan fingerprint density at radius 1 is 1.30 bits per heavy atom. The number of nitrogens with zero attached hydrogens (tertiary/aromatic N) is 1. The molecule has 0 saturated carbocycles. The minimum atomic E-state index is -0.769. The predicted octanol–water partition coefficient (Wildman–Crippen LogP) is 3.02. The van der Waals surface area contributed by atoms with Crippen molar-refractivity contribution in [1.82, 2.24) is 4.98 Å². The van der Waals surface area contributed by atoms with E-state index >= 15 is 0 Å². The fourth-order valence-corrected chi connectivity index (χ4v) is 1.99. The Labute approximate surface area is 118 Å². The van der Waals surface area contributed by atoms with E-state index in [4.69, 9.17) is 5.11 Å². The summed E-state index contributed by atoms with van der Waals surface area (Å²) in [6.07, 6.45) is 2.49. The van der Waals surface area contributed by atoms with Gasteiger partial charge in [-0.2, -0.15) is 0 Å². The number of rotatable bonds is 6. The second-order valence-electron chi connectivity index (χ2n) is 4.70. The van der Waals surface area contributed by atoms with E-state index in [0.29, 0.717) is 13.0 Å². The van der Waals surface area contributed by atoms with Gasteiger partial charge in [0.25, 0.3) is 0 Å². The van der Waals surface area contributed by atoms with Crippen LogP contribution in [0, 0.1) is 6.92 Å². The van der Waals surface area contributed by atoms with Crippen molar-refractivity contribution in [1.29, 1.82) is 0 Å². The van der Waals surface area contributed by atoms with E-state index in [1.165, 1.54) is 0 Å². The third kappa shape index (κ3) is 4.09. The molecule has 1 heterocycles. The van der Waals surface area contributed by atoms with Crippen molar-refractivity contribution < 1.29 is 9.90 Å². The Hall–Kier alpha value is -2.36. The molecule has 0 radical (unpaired) electrons. The highest BCUT2D eigenvalue weighted by atomic mass is 16.4. The molecule has 0 aliphatic carbocycles. The van der Waals surface area contributed by atoms with Crippen molar-refractivity contribution in [3.05, 3.63) is 59.4 Å². The van der Waals surface area contributed by atoms with Crippen molar-refractivity contribution in [2.75, 3.05) is 5.32 Å². The van der Waals surface area contributed by atoms with Crippen LogP contribution in [0.25, 0.3) is 0 Å². The molecule has 0 amide bonds. The molecule has 4 heteroatoms. The number of aryl methyl sites for hydroxylation is 2. The van der Waals surface area contributed by atoms with Crippen LogP contribution in [0.2, 0.25) is 0 Å². The van der Waals surface area contributed by atoms with E-state index in [1.807, 2.05) is 43.3 Å². The lowest BCUT2D eigenvalue weighted by molar-refractivity contribution is -0.136. The number of carboxylic acids is 1. The van der Waals surface area contributed by atoms with Gasteiger partial charge in [-0.15, -0.1) is 0 Å². The number of aromatic nitrogens is 1. The van der Waals surface area contributed by atoms with Crippen molar-refractivity contribution in [2.45, 2.75) is 26.3 Å². The molecule has 1 aromatic carbocycles. The molecule has 0 aliphatic heterocycles. The average Bonchev–Trinajstić information content (AvgIpc) is 2.45. The van der Waals surface area contributed by atoms with Crippen LogP contribution < -0.4 is 5.32 Å². The summed E-state index contributed by atoms with van der Waals surface area (Å²) in [6, 6.07) is 11.8. The molecule has 104 valence electrons. The second kappa shape index (κ2) is 6.70. The first-order chi connectivity index (χ1) is 9.65. The molecule has 0 bridgehead atoms. The molecule has 0 spiro atoms. The number of anilines is 1. The van der Waals surface area contributed by atoms with Crippen molar-refractivity contribution in [3.8, 4) is 0 Å². The number of carbonyl (C=O) groups is 1. The highest BCUT2D eigenvalue weighted by molar-refractivity contribution is 5.67. The standard InChI is InChI=1S/C16H18N2O2/c1-12-14(5-3-9-17-12)11-18-15-6-2-4-13(10-15)7-8-16(19)20/h2-6,9-10,18H,7-8,11H2,1H3,(H,19,20). The van der Waals surface area contributed by atoms with Crippen LogP contribution in [-0.4, -0.2) is 16.1 Å². The topological polar surface area (TPSA) is 62.2 Å². The largest absolute Gasteiger partial charge is 0.481 e. The van der Waals surface area contributed by atoms with E-state index in [2.05, 4.69) is 10.3 Å². The van der Waals surface area contributed by atoms with E-state index in [0.717, 1.165) is 22.5 Å². The third-order valence-corrected chi connectivity index (χ3v) is 3.15. The van der Waals surface area contributed by atoms with Gasteiger partial charge in [0.2, 0.25) is 0 Å². The molecule has 4 nitrogen and oxygen atoms in total. The Morgan fingerprint density at radius 2 is 2.15 bits per heavy atom. The van der Waals surface area contributed by atoms with Gasteiger partial charge in [0.05, 0.1) is 0 Å². The maximum absolute atomic E-state index is 10.6. The molecule has 0 aliphatic rings. The summed E-state index contributed by atoms with van der Waals surface area (Å²) >= 11 is 0. The Kier molecular flexibility index (Phi) is 4.71. The number of aliphatic carboxylic acids is 1. The summed E-state index contributed by atoms with van der Waals surface area (Å²) in [6.45, 7) is 2.70. The van der Waals surface area contributed by atoms with Gasteiger partial charge in [-0.05, 0) is 42.7 Å². The second-order valence-corrected chi connectivity index (χ2v) is 4.70. The summed E-state index contributed by atoms with van der Waals surface area (Å²) in [5.41, 5.74) is 4.20. The van der Waals surface area contributed by atoms with Crippen LogP contribution in [-0.2, 0) is 17.8 Å². The lowest BCUT2D eigenvalue weighted by Gasteiger charge is -2.09. The van der Waals surface area contributed by atoms with Gasteiger partial charge in [-0.25, -0.2) is 0 Å². The summed E-state index contributed by atoms with van der Waals surface area (Å²) in [7, 11) is 0. The van der Waals surface area contributed by atoms with E-state index in [9.17, 15) is 4.79 Å². The molecular weight excluding hydrogens is 252 g/mol. The SMILES string of the molecule is Cc1ncccc1CNc1cccc(CCC(=O)O)c1. The van der Waals surface area contributed by atoms with E-state index < -0.39 is 5.97 Å². The zero-order chi connectivity index (χ0) is 14.4. The molecule has 0 atom stereocenters. The number of hydrogen-bond acceptors (Lipinski definition) is 3. The lowest BCUT2D eigenvalue weighted by atomic mass is 10.1. The highest BCUT2D eigenvalue weighted by Crippen LogP contribution is 2.14. The molecule has 0 unspecified atom stereocenters. The third-order valence-electron chi connectivity index (χ3n) is 3.15. The van der Waals surface area contributed by atoms with Crippen LogP contribution >= 0.6 is 0 Å². The fraction of sp³-hybridized carbons (Fsp3) is 0.250. The van der Waals surface area contributed by atoms with Crippen molar-refractivity contribution in [2.24, 2.45) is 0 Å². The minimum Gasteiger partial charge on any atom is -0.481 e. The number of pyridine rings is 1. The van der Waals surface area contributed by atoms with E-state index in [-0.39, 0.29) is 6.42 Å². The summed E-state index contributed by atoms with van der Waals surface area (Å²) in [4.78, 5) is 14.8. The van der Waals surface area contributed by atoms with Crippen LogP contribution in [0.4, 0.5) is 5.69 Å². The molecule has 0 saturated heterocycles. The van der Waals surface area contributed by atoms with Gasteiger partial charge in [-0.1, -0.05) is 18.2 Å². The quantitative estimate of drug-likeness (QED) is 0.847. The van der Waals surface area contributed by atoms with Gasteiger partial charge in [-0.3, -0.25) is 9.78 Å². The monoisotopic (exact) mass is 270 g/mol.